The third kappa shape index (κ3) is 4.25. The van der Waals surface area contributed by atoms with Crippen molar-refractivity contribution < 1.29 is 4.79 Å². The fraction of sp³-hybridized carbons (Fsp3) is 0.929. The van der Waals surface area contributed by atoms with Gasteiger partial charge in [-0.25, -0.2) is 10.4 Å². The summed E-state index contributed by atoms with van der Waals surface area (Å²) >= 11 is 0. The van der Waals surface area contributed by atoms with E-state index in [9.17, 15) is 4.79 Å². The van der Waals surface area contributed by atoms with Gasteiger partial charge in [-0.05, 0) is 47.0 Å². The molecule has 0 aromatic heterocycles. The smallest absolute Gasteiger partial charge is 0.238 e. The van der Waals surface area contributed by atoms with Gasteiger partial charge in [0.2, 0.25) is 5.91 Å². The van der Waals surface area contributed by atoms with Crippen molar-refractivity contribution in [2.24, 2.45) is 0 Å². The summed E-state index contributed by atoms with van der Waals surface area (Å²) in [7, 11) is 0. The number of nitrogens with one attached hydrogen (secondary N) is 2. The lowest BCUT2D eigenvalue weighted by atomic mass is 10.00. The standard InChI is InChI=1S/C14H29N3O/c1-6-10(2)15-14(18)13(5)16-17-11(3)8-7-9-12(17)4/h10-13,16H,6-9H2,1-5H3,(H,15,18). The summed E-state index contributed by atoms with van der Waals surface area (Å²) in [5.74, 6) is 0.0920. The summed E-state index contributed by atoms with van der Waals surface area (Å²) in [6.07, 6.45) is 4.66. The molecule has 18 heavy (non-hydrogen) atoms. The van der Waals surface area contributed by atoms with Gasteiger partial charge in [0.15, 0.2) is 0 Å². The topological polar surface area (TPSA) is 44.4 Å². The molecule has 1 aliphatic heterocycles. The zero-order valence-corrected chi connectivity index (χ0v) is 12.5. The van der Waals surface area contributed by atoms with E-state index in [2.05, 4.69) is 36.5 Å². The second-order valence-corrected chi connectivity index (χ2v) is 5.70. The Hall–Kier alpha value is -0.610. The van der Waals surface area contributed by atoms with Crippen LogP contribution in [0, 0.1) is 0 Å². The Balaban J connectivity index is 2.47. The van der Waals surface area contributed by atoms with E-state index in [1.807, 2.05) is 13.8 Å². The maximum atomic E-state index is 12.0. The van der Waals surface area contributed by atoms with Gasteiger partial charge in [0.05, 0.1) is 6.04 Å². The monoisotopic (exact) mass is 255 g/mol. The molecule has 4 unspecified atom stereocenters. The Labute approximate surface area is 111 Å². The molecule has 0 bridgehead atoms. The highest BCUT2D eigenvalue weighted by molar-refractivity contribution is 5.81. The average Bonchev–Trinajstić information content (AvgIpc) is 2.33. The van der Waals surface area contributed by atoms with Gasteiger partial charge in [0.1, 0.15) is 0 Å². The number of carbonyl (C=O) groups excluding carboxylic acids is 1. The number of hydrogen-bond donors (Lipinski definition) is 2. The summed E-state index contributed by atoms with van der Waals surface area (Å²) in [4.78, 5) is 12.0. The molecule has 1 rings (SSSR count). The summed E-state index contributed by atoms with van der Waals surface area (Å²) in [6, 6.07) is 1.10. The van der Waals surface area contributed by atoms with Crippen LogP contribution >= 0.6 is 0 Å². The molecule has 4 nitrogen and oxygen atoms in total. The lowest BCUT2D eigenvalue weighted by molar-refractivity contribution is -0.125. The Bertz CT molecular complexity index is 260. The fourth-order valence-electron chi connectivity index (χ4n) is 2.43. The first-order chi connectivity index (χ1) is 8.45. The van der Waals surface area contributed by atoms with Gasteiger partial charge < -0.3 is 5.32 Å². The molecule has 1 saturated heterocycles. The van der Waals surface area contributed by atoms with Crippen LogP contribution in [0.5, 0.6) is 0 Å². The van der Waals surface area contributed by atoms with E-state index in [0.717, 1.165) is 6.42 Å². The molecule has 4 atom stereocenters. The van der Waals surface area contributed by atoms with E-state index in [-0.39, 0.29) is 18.0 Å². The van der Waals surface area contributed by atoms with Crippen molar-refractivity contribution in [2.45, 2.75) is 84.5 Å². The molecule has 0 aliphatic carbocycles. The van der Waals surface area contributed by atoms with Gasteiger partial charge in [0, 0.05) is 18.1 Å². The van der Waals surface area contributed by atoms with Crippen LogP contribution in [0.3, 0.4) is 0 Å². The Kier molecular flexibility index (Phi) is 6.09. The number of hydrazine groups is 1. The molecule has 1 heterocycles. The number of amides is 1. The van der Waals surface area contributed by atoms with Crippen molar-refractivity contribution in [3.05, 3.63) is 0 Å². The molecular formula is C14H29N3O. The normalized spacial score (nSPS) is 28.7. The minimum Gasteiger partial charge on any atom is -0.352 e. The van der Waals surface area contributed by atoms with Gasteiger partial charge >= 0.3 is 0 Å². The molecule has 1 amide bonds. The first kappa shape index (κ1) is 15.4. The molecule has 0 aromatic carbocycles. The lowest BCUT2D eigenvalue weighted by Crippen LogP contribution is -2.58. The zero-order valence-electron chi connectivity index (χ0n) is 12.5. The highest BCUT2D eigenvalue weighted by atomic mass is 16.2. The van der Waals surface area contributed by atoms with Crippen molar-refractivity contribution in [3.8, 4) is 0 Å². The molecule has 1 fully saturated rings. The predicted octanol–water partition coefficient (Wildman–Crippen LogP) is 2.06. The minimum absolute atomic E-state index is 0.0920. The van der Waals surface area contributed by atoms with Crippen LogP contribution < -0.4 is 10.7 Å². The first-order valence-corrected chi connectivity index (χ1v) is 7.30. The maximum absolute atomic E-state index is 12.0. The molecular weight excluding hydrogens is 226 g/mol. The summed E-state index contributed by atoms with van der Waals surface area (Å²) in [5.41, 5.74) is 3.37. The number of rotatable bonds is 5. The highest BCUT2D eigenvalue weighted by Crippen LogP contribution is 2.20. The van der Waals surface area contributed by atoms with Gasteiger partial charge in [-0.1, -0.05) is 13.3 Å². The second-order valence-electron chi connectivity index (χ2n) is 5.70. The number of piperidine rings is 1. The van der Waals surface area contributed by atoms with Crippen molar-refractivity contribution in [3.63, 3.8) is 0 Å². The molecule has 0 radical (unpaired) electrons. The maximum Gasteiger partial charge on any atom is 0.238 e. The molecule has 0 saturated carbocycles. The van der Waals surface area contributed by atoms with Crippen LogP contribution in [0.1, 0.15) is 60.3 Å². The van der Waals surface area contributed by atoms with Crippen LogP contribution in [-0.4, -0.2) is 35.1 Å². The number of hydrogen-bond acceptors (Lipinski definition) is 3. The fourth-order valence-corrected chi connectivity index (χ4v) is 2.43. The SMILES string of the molecule is CCC(C)NC(=O)C(C)NN1C(C)CCCC1C. The predicted molar refractivity (Wildman–Crippen MR) is 75.1 cm³/mol. The van der Waals surface area contributed by atoms with Gasteiger partial charge in [-0.3, -0.25) is 4.79 Å². The first-order valence-electron chi connectivity index (χ1n) is 7.30. The lowest BCUT2D eigenvalue weighted by Gasteiger charge is -2.40. The van der Waals surface area contributed by atoms with Crippen LogP contribution in [-0.2, 0) is 4.79 Å². The summed E-state index contributed by atoms with van der Waals surface area (Å²) < 4.78 is 0. The van der Waals surface area contributed by atoms with E-state index in [0.29, 0.717) is 12.1 Å². The average molecular weight is 255 g/mol. The Morgan fingerprint density at radius 3 is 2.33 bits per heavy atom. The minimum atomic E-state index is -0.165. The van der Waals surface area contributed by atoms with E-state index >= 15 is 0 Å². The van der Waals surface area contributed by atoms with Gasteiger partial charge in [0.25, 0.3) is 0 Å². The van der Waals surface area contributed by atoms with E-state index in [4.69, 9.17) is 0 Å². The molecule has 2 N–H and O–H groups in total. The quantitative estimate of drug-likeness (QED) is 0.790. The van der Waals surface area contributed by atoms with Crippen molar-refractivity contribution in [1.29, 1.82) is 0 Å². The third-order valence-electron chi connectivity index (χ3n) is 3.93. The summed E-state index contributed by atoms with van der Waals surface area (Å²) in [6.45, 7) is 10.5. The van der Waals surface area contributed by atoms with Gasteiger partial charge in [-0.15, -0.1) is 0 Å². The highest BCUT2D eigenvalue weighted by Gasteiger charge is 2.27. The number of carbonyl (C=O) groups is 1. The molecule has 1 aliphatic rings. The van der Waals surface area contributed by atoms with Crippen LogP contribution in [0.15, 0.2) is 0 Å². The molecule has 4 heteroatoms. The third-order valence-corrected chi connectivity index (χ3v) is 3.93. The van der Waals surface area contributed by atoms with Crippen LogP contribution in [0.4, 0.5) is 0 Å². The van der Waals surface area contributed by atoms with Crippen molar-refractivity contribution in [1.82, 2.24) is 15.8 Å². The van der Waals surface area contributed by atoms with E-state index in [1.54, 1.807) is 0 Å². The summed E-state index contributed by atoms with van der Waals surface area (Å²) in [5, 5.41) is 5.27. The second kappa shape index (κ2) is 7.10. The van der Waals surface area contributed by atoms with Crippen molar-refractivity contribution >= 4 is 5.91 Å². The Morgan fingerprint density at radius 2 is 1.83 bits per heavy atom. The van der Waals surface area contributed by atoms with E-state index < -0.39 is 0 Å². The van der Waals surface area contributed by atoms with E-state index in [1.165, 1.54) is 19.3 Å². The van der Waals surface area contributed by atoms with Crippen LogP contribution in [0.2, 0.25) is 0 Å². The Morgan fingerprint density at radius 1 is 1.28 bits per heavy atom. The van der Waals surface area contributed by atoms with Crippen LogP contribution in [0.25, 0.3) is 0 Å². The molecule has 106 valence electrons. The molecule has 0 aromatic rings. The van der Waals surface area contributed by atoms with Crippen molar-refractivity contribution in [2.75, 3.05) is 0 Å². The largest absolute Gasteiger partial charge is 0.352 e. The zero-order chi connectivity index (χ0) is 13.7. The number of nitrogens with zero attached hydrogens (tertiary/aromatic N) is 1. The molecule has 0 spiro atoms. The van der Waals surface area contributed by atoms with Gasteiger partial charge in [-0.2, -0.15) is 0 Å².